The first kappa shape index (κ1) is 23.8. The predicted molar refractivity (Wildman–Crippen MR) is 129 cm³/mol. The monoisotopic (exact) mass is 486 g/mol. The molecule has 3 aromatic rings. The van der Waals surface area contributed by atoms with Crippen LogP contribution in [-0.2, 0) is 10.0 Å². The summed E-state index contributed by atoms with van der Waals surface area (Å²) in [5, 5.41) is 15.4. The van der Waals surface area contributed by atoms with Gasteiger partial charge in [0.25, 0.3) is 15.7 Å². The van der Waals surface area contributed by atoms with E-state index in [1.165, 1.54) is 37.6 Å². The topological polar surface area (TPSA) is 123 Å². The van der Waals surface area contributed by atoms with E-state index in [-0.39, 0.29) is 27.0 Å². The minimum absolute atomic E-state index is 0.0297. The molecule has 0 aliphatic heterocycles. The van der Waals surface area contributed by atoms with Gasteiger partial charge in [-0.3, -0.25) is 20.3 Å². The van der Waals surface area contributed by atoms with Crippen molar-refractivity contribution < 1.29 is 18.1 Å². The van der Waals surface area contributed by atoms with Gasteiger partial charge in [0.1, 0.15) is 10.6 Å². The van der Waals surface area contributed by atoms with E-state index in [9.17, 15) is 18.5 Å². The maximum absolute atomic E-state index is 13.0. The minimum Gasteiger partial charge on any atom is -0.497 e. The fourth-order valence-corrected chi connectivity index (χ4v) is 4.13. The molecular formula is C22H19ClN4O5S. The van der Waals surface area contributed by atoms with Gasteiger partial charge in [-0.15, -0.1) is 0 Å². The Hall–Kier alpha value is -3.89. The Labute approximate surface area is 195 Å². The molecule has 11 heteroatoms. The van der Waals surface area contributed by atoms with Gasteiger partial charge in [-0.25, -0.2) is 8.42 Å². The zero-order chi connectivity index (χ0) is 23.8. The van der Waals surface area contributed by atoms with Gasteiger partial charge in [0, 0.05) is 17.8 Å². The standard InChI is InChI=1S/C22H19ClN4O5S/c1-32-20-10-7-18(8-11-20)26-33(30,31)22-14-19(27(28)29)9-12-21(22)25-24-15-17(23)13-16-5-3-2-4-6-16/h2-15,25-26H,1H3. The molecule has 2 N–H and O–H groups in total. The lowest BCUT2D eigenvalue weighted by Gasteiger charge is -2.12. The number of allylic oxidation sites excluding steroid dienone is 1. The van der Waals surface area contributed by atoms with Crippen LogP contribution < -0.4 is 14.9 Å². The van der Waals surface area contributed by atoms with Gasteiger partial charge in [-0.1, -0.05) is 41.9 Å². The summed E-state index contributed by atoms with van der Waals surface area (Å²) in [5.74, 6) is 0.547. The number of nitrogens with one attached hydrogen (secondary N) is 2. The predicted octanol–water partition coefficient (Wildman–Crippen LogP) is 5.08. The molecule has 0 saturated carbocycles. The number of nitro groups is 1. The highest BCUT2D eigenvalue weighted by Crippen LogP contribution is 2.29. The third kappa shape index (κ3) is 6.55. The Balaban J connectivity index is 1.87. The largest absolute Gasteiger partial charge is 0.497 e. The minimum atomic E-state index is -4.20. The van der Waals surface area contributed by atoms with Gasteiger partial charge in [0.2, 0.25) is 0 Å². The maximum atomic E-state index is 13.0. The Morgan fingerprint density at radius 1 is 1.09 bits per heavy atom. The smallest absolute Gasteiger partial charge is 0.270 e. The molecule has 0 bridgehead atoms. The van der Waals surface area contributed by atoms with Crippen LogP contribution in [0.4, 0.5) is 17.1 Å². The van der Waals surface area contributed by atoms with Crippen molar-refractivity contribution in [2.75, 3.05) is 17.3 Å². The molecule has 0 amide bonds. The van der Waals surface area contributed by atoms with Crippen molar-refractivity contribution in [1.82, 2.24) is 0 Å². The summed E-state index contributed by atoms with van der Waals surface area (Å²) in [6.45, 7) is 0. The van der Waals surface area contributed by atoms with Crippen molar-refractivity contribution in [3.05, 3.63) is 93.5 Å². The lowest BCUT2D eigenvalue weighted by Crippen LogP contribution is -2.15. The molecule has 3 rings (SSSR count). The molecule has 0 unspecified atom stereocenters. The first-order chi connectivity index (χ1) is 15.8. The van der Waals surface area contributed by atoms with Crippen LogP contribution in [0.15, 0.2) is 87.8 Å². The normalized spacial score (nSPS) is 11.9. The molecule has 0 aliphatic carbocycles. The first-order valence-corrected chi connectivity index (χ1v) is 11.3. The second kappa shape index (κ2) is 10.6. The van der Waals surface area contributed by atoms with E-state index < -0.39 is 14.9 Å². The molecule has 170 valence electrons. The van der Waals surface area contributed by atoms with E-state index in [4.69, 9.17) is 16.3 Å². The van der Waals surface area contributed by atoms with Crippen LogP contribution in [0.25, 0.3) is 6.08 Å². The zero-order valence-electron chi connectivity index (χ0n) is 17.3. The van der Waals surface area contributed by atoms with Crippen molar-refractivity contribution >= 4 is 51.0 Å². The fraction of sp³-hybridized carbons (Fsp3) is 0.0455. The van der Waals surface area contributed by atoms with E-state index in [2.05, 4.69) is 15.2 Å². The van der Waals surface area contributed by atoms with Crippen molar-refractivity contribution in [3.8, 4) is 5.75 Å². The average Bonchev–Trinajstić information content (AvgIpc) is 2.80. The lowest BCUT2D eigenvalue weighted by molar-refractivity contribution is -0.385. The Bertz CT molecular complexity index is 1290. The number of ether oxygens (including phenoxy) is 1. The number of hydrogen-bond donors (Lipinski definition) is 2. The number of rotatable bonds is 9. The third-order valence-corrected chi connectivity index (χ3v) is 5.91. The number of non-ortho nitro benzene ring substituents is 1. The van der Waals surface area contributed by atoms with E-state index in [0.717, 1.165) is 11.6 Å². The average molecular weight is 487 g/mol. The zero-order valence-corrected chi connectivity index (χ0v) is 18.9. The van der Waals surface area contributed by atoms with E-state index in [1.54, 1.807) is 18.2 Å². The highest BCUT2D eigenvalue weighted by atomic mass is 35.5. The van der Waals surface area contributed by atoms with Crippen LogP contribution >= 0.6 is 11.6 Å². The Morgan fingerprint density at radius 3 is 2.42 bits per heavy atom. The van der Waals surface area contributed by atoms with Crippen LogP contribution in [0.3, 0.4) is 0 Å². The molecule has 0 fully saturated rings. The highest BCUT2D eigenvalue weighted by molar-refractivity contribution is 7.92. The number of hydrogen-bond acceptors (Lipinski definition) is 7. The van der Waals surface area contributed by atoms with Crippen LogP contribution in [0.1, 0.15) is 5.56 Å². The van der Waals surface area contributed by atoms with E-state index >= 15 is 0 Å². The van der Waals surface area contributed by atoms with Crippen molar-refractivity contribution in [2.45, 2.75) is 4.90 Å². The van der Waals surface area contributed by atoms with Crippen LogP contribution in [-0.4, -0.2) is 26.7 Å². The molecule has 0 aromatic heterocycles. The summed E-state index contributed by atoms with van der Waals surface area (Å²) in [6, 6.07) is 18.8. The number of benzene rings is 3. The summed E-state index contributed by atoms with van der Waals surface area (Å²) >= 11 is 6.15. The number of sulfonamides is 1. The summed E-state index contributed by atoms with van der Waals surface area (Å²) in [4.78, 5) is 10.2. The second-order valence-corrected chi connectivity index (χ2v) is 8.67. The van der Waals surface area contributed by atoms with Crippen LogP contribution in [0, 0.1) is 10.1 Å². The number of hydrazone groups is 1. The summed E-state index contributed by atoms with van der Waals surface area (Å²) in [6.07, 6.45) is 2.97. The Kier molecular flexibility index (Phi) is 7.65. The molecule has 0 aliphatic rings. The quantitative estimate of drug-likeness (QED) is 0.247. The van der Waals surface area contributed by atoms with Gasteiger partial charge in [0.05, 0.1) is 29.0 Å². The van der Waals surface area contributed by atoms with E-state index in [0.29, 0.717) is 5.75 Å². The SMILES string of the molecule is COc1ccc(NS(=O)(=O)c2cc([N+](=O)[O-])ccc2NN=CC(Cl)=Cc2ccccc2)cc1. The molecule has 0 atom stereocenters. The summed E-state index contributed by atoms with van der Waals surface area (Å²) in [5.41, 5.74) is 3.34. The maximum Gasteiger partial charge on any atom is 0.270 e. The number of methoxy groups -OCH3 is 1. The van der Waals surface area contributed by atoms with Gasteiger partial charge in [0.15, 0.2) is 0 Å². The number of nitrogens with zero attached hydrogens (tertiary/aromatic N) is 2. The molecule has 9 nitrogen and oxygen atoms in total. The molecule has 3 aromatic carbocycles. The van der Waals surface area contributed by atoms with Gasteiger partial charge in [-0.2, -0.15) is 5.10 Å². The summed E-state index contributed by atoms with van der Waals surface area (Å²) in [7, 11) is -2.71. The molecular weight excluding hydrogens is 468 g/mol. The number of anilines is 2. The van der Waals surface area contributed by atoms with Crippen LogP contribution in [0.5, 0.6) is 5.75 Å². The van der Waals surface area contributed by atoms with Crippen molar-refractivity contribution in [2.24, 2.45) is 5.10 Å². The molecule has 33 heavy (non-hydrogen) atoms. The molecule has 0 heterocycles. The fourth-order valence-electron chi connectivity index (χ4n) is 2.72. The van der Waals surface area contributed by atoms with Gasteiger partial charge in [-0.05, 0) is 42.0 Å². The number of halogens is 1. The van der Waals surface area contributed by atoms with Gasteiger partial charge >= 0.3 is 0 Å². The highest BCUT2D eigenvalue weighted by Gasteiger charge is 2.22. The second-order valence-electron chi connectivity index (χ2n) is 6.58. The molecule has 0 saturated heterocycles. The molecule has 0 spiro atoms. The number of nitro benzene ring substituents is 1. The first-order valence-electron chi connectivity index (χ1n) is 9.45. The summed E-state index contributed by atoms with van der Waals surface area (Å²) < 4.78 is 33.4. The van der Waals surface area contributed by atoms with Crippen molar-refractivity contribution in [3.63, 3.8) is 0 Å². The van der Waals surface area contributed by atoms with E-state index in [1.807, 2.05) is 30.3 Å². The Morgan fingerprint density at radius 2 is 1.79 bits per heavy atom. The van der Waals surface area contributed by atoms with Gasteiger partial charge < -0.3 is 4.74 Å². The van der Waals surface area contributed by atoms with Crippen molar-refractivity contribution in [1.29, 1.82) is 0 Å². The third-order valence-electron chi connectivity index (χ3n) is 4.28. The molecule has 0 radical (unpaired) electrons. The lowest BCUT2D eigenvalue weighted by atomic mass is 10.2. The van der Waals surface area contributed by atoms with Crippen LogP contribution in [0.2, 0.25) is 0 Å².